The van der Waals surface area contributed by atoms with Crippen LogP contribution in [-0.4, -0.2) is 30.1 Å². The number of nitrogens with one attached hydrogen (secondary N) is 2. The Labute approximate surface area is 163 Å². The highest BCUT2D eigenvalue weighted by molar-refractivity contribution is 5.94. The highest BCUT2D eigenvalue weighted by Crippen LogP contribution is 2.27. The Morgan fingerprint density at radius 2 is 1.71 bits per heavy atom. The average Bonchev–Trinajstić information content (AvgIpc) is 2.76. The van der Waals surface area contributed by atoms with Crippen molar-refractivity contribution in [2.75, 3.05) is 19.5 Å². The molecule has 1 aromatic carbocycles. The molecule has 0 aliphatic carbocycles. The second kappa shape index (κ2) is 9.36. The van der Waals surface area contributed by atoms with E-state index < -0.39 is 0 Å². The molecular weight excluding hydrogens is 356 g/mol. The van der Waals surface area contributed by atoms with Gasteiger partial charge >= 0.3 is 0 Å². The average molecular weight is 378 g/mol. The fourth-order valence-corrected chi connectivity index (χ4v) is 2.60. The Bertz CT molecular complexity index is 915. The molecule has 0 spiro atoms. The van der Waals surface area contributed by atoms with Gasteiger partial charge in [-0.1, -0.05) is 6.07 Å². The zero-order valence-corrected chi connectivity index (χ0v) is 15.8. The topological polar surface area (TPSA) is 85.4 Å². The summed E-state index contributed by atoms with van der Waals surface area (Å²) in [6.07, 6.45) is 4.95. The maximum Gasteiger partial charge on any atom is 0.253 e. The number of ether oxygens (including phenoxy) is 2. The second-order valence-corrected chi connectivity index (χ2v) is 6.01. The van der Waals surface area contributed by atoms with Crippen molar-refractivity contribution in [3.05, 3.63) is 77.7 Å². The lowest BCUT2D eigenvalue weighted by atomic mass is 10.2. The molecule has 3 rings (SSSR count). The third kappa shape index (κ3) is 4.97. The molecule has 0 atom stereocenters. The number of carbonyl (C=O) groups is 1. The smallest absolute Gasteiger partial charge is 0.253 e. The molecule has 0 unspecified atom stereocenters. The van der Waals surface area contributed by atoms with Crippen LogP contribution in [0.5, 0.6) is 11.5 Å². The molecule has 2 N–H and O–H groups in total. The van der Waals surface area contributed by atoms with Crippen molar-refractivity contribution >= 4 is 11.7 Å². The fraction of sp³-hybridized carbons (Fsp3) is 0.190. The summed E-state index contributed by atoms with van der Waals surface area (Å²) in [6, 6.07) is 13.0. The summed E-state index contributed by atoms with van der Waals surface area (Å²) in [7, 11) is 3.21. The van der Waals surface area contributed by atoms with Gasteiger partial charge in [-0.05, 0) is 47.5 Å². The van der Waals surface area contributed by atoms with Crippen molar-refractivity contribution in [2.24, 2.45) is 0 Å². The molecular formula is C21H22N4O3. The molecule has 28 heavy (non-hydrogen) atoms. The first-order valence-electron chi connectivity index (χ1n) is 8.77. The van der Waals surface area contributed by atoms with Crippen LogP contribution < -0.4 is 20.1 Å². The fourth-order valence-electron chi connectivity index (χ4n) is 2.60. The molecule has 0 fully saturated rings. The van der Waals surface area contributed by atoms with Crippen molar-refractivity contribution in [1.29, 1.82) is 0 Å². The van der Waals surface area contributed by atoms with Crippen LogP contribution in [-0.2, 0) is 13.1 Å². The van der Waals surface area contributed by atoms with Crippen LogP contribution in [0.2, 0.25) is 0 Å². The van der Waals surface area contributed by atoms with Gasteiger partial charge in [0.15, 0.2) is 11.5 Å². The highest BCUT2D eigenvalue weighted by atomic mass is 16.5. The van der Waals surface area contributed by atoms with E-state index in [2.05, 4.69) is 20.6 Å². The summed E-state index contributed by atoms with van der Waals surface area (Å²) in [5, 5.41) is 6.09. The zero-order valence-electron chi connectivity index (χ0n) is 15.8. The van der Waals surface area contributed by atoms with Gasteiger partial charge in [0.1, 0.15) is 5.82 Å². The molecule has 0 saturated heterocycles. The Morgan fingerprint density at radius 3 is 2.39 bits per heavy atom. The van der Waals surface area contributed by atoms with Gasteiger partial charge in [-0.15, -0.1) is 0 Å². The minimum atomic E-state index is -0.171. The van der Waals surface area contributed by atoms with E-state index in [0.717, 1.165) is 11.1 Å². The van der Waals surface area contributed by atoms with Crippen LogP contribution >= 0.6 is 0 Å². The number of pyridine rings is 2. The molecule has 0 radical (unpaired) electrons. The van der Waals surface area contributed by atoms with E-state index >= 15 is 0 Å². The number of methoxy groups -OCH3 is 2. The summed E-state index contributed by atoms with van der Waals surface area (Å²) in [6.45, 7) is 1.02. The minimum Gasteiger partial charge on any atom is -0.493 e. The first-order valence-corrected chi connectivity index (χ1v) is 8.77. The summed E-state index contributed by atoms with van der Waals surface area (Å²) in [4.78, 5) is 20.5. The van der Waals surface area contributed by atoms with Gasteiger partial charge in [0.05, 0.1) is 19.8 Å². The highest BCUT2D eigenvalue weighted by Gasteiger charge is 2.07. The third-order valence-electron chi connectivity index (χ3n) is 4.15. The SMILES string of the molecule is COc1ccc(CNc2ccc(C(=O)NCc3ccncc3)cn2)cc1OC. The van der Waals surface area contributed by atoms with Crippen LogP contribution in [0.1, 0.15) is 21.5 Å². The molecule has 0 aliphatic rings. The second-order valence-electron chi connectivity index (χ2n) is 6.01. The number of carbonyl (C=O) groups excluding carboxylic acids is 1. The van der Waals surface area contributed by atoms with Gasteiger partial charge < -0.3 is 20.1 Å². The maximum atomic E-state index is 12.2. The molecule has 144 valence electrons. The molecule has 0 aliphatic heterocycles. The van der Waals surface area contributed by atoms with Gasteiger partial charge in [-0.3, -0.25) is 9.78 Å². The largest absolute Gasteiger partial charge is 0.493 e. The van der Waals surface area contributed by atoms with Crippen molar-refractivity contribution < 1.29 is 14.3 Å². The Kier molecular flexibility index (Phi) is 6.41. The van der Waals surface area contributed by atoms with Gasteiger partial charge in [0.2, 0.25) is 0 Å². The molecule has 0 saturated carbocycles. The van der Waals surface area contributed by atoms with E-state index in [4.69, 9.17) is 9.47 Å². The van der Waals surface area contributed by atoms with Crippen LogP contribution in [0.3, 0.4) is 0 Å². The lowest BCUT2D eigenvalue weighted by Crippen LogP contribution is -2.22. The number of benzene rings is 1. The number of aromatic nitrogens is 2. The van der Waals surface area contributed by atoms with Crippen molar-refractivity contribution in [3.8, 4) is 11.5 Å². The van der Waals surface area contributed by atoms with Crippen LogP contribution in [0.4, 0.5) is 5.82 Å². The van der Waals surface area contributed by atoms with Gasteiger partial charge in [-0.2, -0.15) is 0 Å². The molecule has 2 aromatic heterocycles. The molecule has 7 heteroatoms. The summed E-state index contributed by atoms with van der Waals surface area (Å²) < 4.78 is 10.5. The monoisotopic (exact) mass is 378 g/mol. The Hall–Kier alpha value is -3.61. The number of hydrogen-bond acceptors (Lipinski definition) is 6. The molecule has 2 heterocycles. The van der Waals surface area contributed by atoms with Gasteiger partial charge in [0.25, 0.3) is 5.91 Å². The van der Waals surface area contributed by atoms with Crippen molar-refractivity contribution in [1.82, 2.24) is 15.3 Å². The molecule has 1 amide bonds. The molecule has 7 nitrogen and oxygen atoms in total. The summed E-state index contributed by atoms with van der Waals surface area (Å²) >= 11 is 0. The maximum absolute atomic E-state index is 12.2. The number of nitrogens with zero attached hydrogens (tertiary/aromatic N) is 2. The van der Waals surface area contributed by atoms with E-state index in [9.17, 15) is 4.79 Å². The first-order chi connectivity index (χ1) is 13.7. The Morgan fingerprint density at radius 1 is 0.929 bits per heavy atom. The van der Waals surface area contributed by atoms with E-state index in [0.29, 0.717) is 36.0 Å². The first kappa shape index (κ1) is 19.2. The summed E-state index contributed by atoms with van der Waals surface area (Å²) in [5.41, 5.74) is 2.52. The van der Waals surface area contributed by atoms with E-state index in [-0.39, 0.29) is 5.91 Å². The number of hydrogen-bond donors (Lipinski definition) is 2. The van der Waals surface area contributed by atoms with Gasteiger partial charge in [-0.25, -0.2) is 4.98 Å². The zero-order chi connectivity index (χ0) is 19.8. The van der Waals surface area contributed by atoms with Gasteiger partial charge in [0, 0.05) is 31.7 Å². The van der Waals surface area contributed by atoms with E-state index in [1.165, 1.54) is 0 Å². The third-order valence-corrected chi connectivity index (χ3v) is 4.15. The van der Waals surface area contributed by atoms with Crippen LogP contribution in [0.15, 0.2) is 61.1 Å². The van der Waals surface area contributed by atoms with Crippen molar-refractivity contribution in [2.45, 2.75) is 13.1 Å². The van der Waals surface area contributed by atoms with Crippen LogP contribution in [0.25, 0.3) is 0 Å². The normalized spacial score (nSPS) is 10.2. The van der Waals surface area contributed by atoms with E-state index in [1.807, 2.05) is 30.3 Å². The van der Waals surface area contributed by atoms with Crippen molar-refractivity contribution in [3.63, 3.8) is 0 Å². The summed E-state index contributed by atoms with van der Waals surface area (Å²) in [5.74, 6) is 1.87. The predicted octanol–water partition coefficient (Wildman–Crippen LogP) is 3.04. The lowest BCUT2D eigenvalue weighted by molar-refractivity contribution is 0.0950. The quantitative estimate of drug-likeness (QED) is 0.627. The van der Waals surface area contributed by atoms with E-state index in [1.54, 1.807) is 44.9 Å². The Balaban J connectivity index is 1.55. The molecule has 0 bridgehead atoms. The predicted molar refractivity (Wildman–Crippen MR) is 107 cm³/mol. The lowest BCUT2D eigenvalue weighted by Gasteiger charge is -2.11. The standard InChI is InChI=1S/C21H22N4O3/c1-27-18-5-3-16(11-19(18)28-2)13-23-20-6-4-17(14-24-20)21(26)25-12-15-7-9-22-10-8-15/h3-11,14H,12-13H2,1-2H3,(H,23,24)(H,25,26). The molecule has 3 aromatic rings. The number of rotatable bonds is 8. The van der Waals surface area contributed by atoms with Crippen LogP contribution in [0, 0.1) is 0 Å². The number of anilines is 1. The number of amides is 1. The minimum absolute atomic E-state index is 0.171.